The van der Waals surface area contributed by atoms with Crippen LogP contribution in [0.1, 0.15) is 49.4 Å². The lowest BCUT2D eigenvalue weighted by molar-refractivity contribution is -0.139. The van der Waals surface area contributed by atoms with E-state index >= 15 is 0 Å². The molecule has 1 aromatic heterocycles. The van der Waals surface area contributed by atoms with Crippen molar-refractivity contribution in [1.82, 2.24) is 9.80 Å². The molecule has 1 aliphatic carbocycles. The Morgan fingerprint density at radius 3 is 2.72 bits per heavy atom. The maximum atomic E-state index is 12.5. The molecule has 2 fully saturated rings. The molecule has 2 amide bonds. The Labute approximate surface area is 149 Å². The summed E-state index contributed by atoms with van der Waals surface area (Å²) in [7, 11) is 0. The molecule has 25 heavy (non-hydrogen) atoms. The summed E-state index contributed by atoms with van der Waals surface area (Å²) in [6, 6.07) is 1.68. The summed E-state index contributed by atoms with van der Waals surface area (Å²) < 4.78 is 10.8. The first-order valence-corrected chi connectivity index (χ1v) is 9.34. The first-order chi connectivity index (χ1) is 12.1. The van der Waals surface area contributed by atoms with Crippen molar-refractivity contribution in [2.45, 2.75) is 45.1 Å². The van der Waals surface area contributed by atoms with Crippen LogP contribution in [0.3, 0.4) is 0 Å². The van der Waals surface area contributed by atoms with Gasteiger partial charge in [-0.05, 0) is 31.2 Å². The molecule has 0 bridgehead atoms. The summed E-state index contributed by atoms with van der Waals surface area (Å²) in [6.45, 7) is 4.86. The highest BCUT2D eigenvalue weighted by molar-refractivity contribution is 5.93. The van der Waals surface area contributed by atoms with E-state index in [1.807, 2.05) is 4.90 Å². The minimum atomic E-state index is -0.0320. The Kier molecular flexibility index (Phi) is 6.13. The standard InChI is InChI=1S/C19H28N2O4/c1-15-4-2-5-17(12-15)25-14-18(22)20-7-3-8-21(10-9-20)19(23)16-6-11-24-13-16/h6,11,13,15,17H,2-5,7-10,12,14H2,1H3/t15-,17-/m0/s1. The van der Waals surface area contributed by atoms with Crippen molar-refractivity contribution >= 4 is 11.8 Å². The van der Waals surface area contributed by atoms with E-state index in [0.29, 0.717) is 37.7 Å². The van der Waals surface area contributed by atoms with Crippen molar-refractivity contribution in [2.75, 3.05) is 32.8 Å². The minimum absolute atomic E-state index is 0.0320. The lowest BCUT2D eigenvalue weighted by atomic mass is 9.89. The number of rotatable bonds is 4. The monoisotopic (exact) mass is 348 g/mol. The molecule has 2 aliphatic rings. The maximum Gasteiger partial charge on any atom is 0.257 e. The molecule has 138 valence electrons. The molecule has 0 unspecified atom stereocenters. The van der Waals surface area contributed by atoms with Crippen LogP contribution in [0.4, 0.5) is 0 Å². The highest BCUT2D eigenvalue weighted by Crippen LogP contribution is 2.25. The zero-order valence-corrected chi connectivity index (χ0v) is 15.0. The number of carbonyl (C=O) groups is 2. The van der Waals surface area contributed by atoms with Gasteiger partial charge in [-0.3, -0.25) is 9.59 Å². The van der Waals surface area contributed by atoms with Gasteiger partial charge in [-0.2, -0.15) is 0 Å². The van der Waals surface area contributed by atoms with Crippen molar-refractivity contribution < 1.29 is 18.7 Å². The Hall–Kier alpha value is -1.82. The fourth-order valence-electron chi connectivity index (χ4n) is 3.75. The van der Waals surface area contributed by atoms with E-state index in [0.717, 1.165) is 19.3 Å². The van der Waals surface area contributed by atoms with Crippen LogP contribution in [-0.2, 0) is 9.53 Å². The van der Waals surface area contributed by atoms with Crippen molar-refractivity contribution in [3.8, 4) is 0 Å². The molecule has 6 nitrogen and oxygen atoms in total. The first kappa shape index (κ1) is 18.0. The molecule has 2 atom stereocenters. The average molecular weight is 348 g/mol. The van der Waals surface area contributed by atoms with E-state index in [-0.39, 0.29) is 24.5 Å². The van der Waals surface area contributed by atoms with Gasteiger partial charge in [0.15, 0.2) is 0 Å². The molecule has 0 aromatic carbocycles. The predicted molar refractivity (Wildman–Crippen MR) is 93.2 cm³/mol. The van der Waals surface area contributed by atoms with E-state index in [4.69, 9.17) is 9.15 Å². The SMILES string of the molecule is C[C@H]1CCC[C@H](OCC(=O)N2CCCN(C(=O)c3ccoc3)CC2)C1. The molecule has 0 spiro atoms. The third kappa shape index (κ3) is 4.84. The number of nitrogens with zero attached hydrogens (tertiary/aromatic N) is 2. The van der Waals surface area contributed by atoms with Crippen LogP contribution in [0.5, 0.6) is 0 Å². The van der Waals surface area contributed by atoms with E-state index in [1.54, 1.807) is 11.0 Å². The predicted octanol–water partition coefficient (Wildman–Crippen LogP) is 2.55. The summed E-state index contributed by atoms with van der Waals surface area (Å²) >= 11 is 0. The second kappa shape index (κ2) is 8.52. The van der Waals surface area contributed by atoms with E-state index in [2.05, 4.69) is 6.92 Å². The highest BCUT2D eigenvalue weighted by Gasteiger charge is 2.25. The van der Waals surface area contributed by atoms with Gasteiger partial charge in [-0.1, -0.05) is 19.8 Å². The van der Waals surface area contributed by atoms with E-state index < -0.39 is 0 Å². The topological polar surface area (TPSA) is 63.0 Å². The Morgan fingerprint density at radius 1 is 1.16 bits per heavy atom. The number of ether oxygens (including phenoxy) is 1. The molecule has 1 saturated carbocycles. The van der Waals surface area contributed by atoms with Crippen LogP contribution in [-0.4, -0.2) is 60.5 Å². The van der Waals surface area contributed by atoms with Crippen molar-refractivity contribution in [2.24, 2.45) is 5.92 Å². The van der Waals surface area contributed by atoms with E-state index in [9.17, 15) is 9.59 Å². The van der Waals surface area contributed by atoms with Crippen LogP contribution in [0.25, 0.3) is 0 Å². The Bertz CT molecular complexity index is 572. The summed E-state index contributed by atoms with van der Waals surface area (Å²) in [5, 5.41) is 0. The highest BCUT2D eigenvalue weighted by atomic mass is 16.5. The van der Waals surface area contributed by atoms with Gasteiger partial charge in [0.1, 0.15) is 12.9 Å². The van der Waals surface area contributed by atoms with Gasteiger partial charge in [0.2, 0.25) is 5.91 Å². The molecule has 1 aromatic rings. The summed E-state index contributed by atoms with van der Waals surface area (Å²) in [4.78, 5) is 28.5. The molecular weight excluding hydrogens is 320 g/mol. The average Bonchev–Trinajstić information content (AvgIpc) is 3.03. The quantitative estimate of drug-likeness (QED) is 0.839. The van der Waals surface area contributed by atoms with Crippen LogP contribution < -0.4 is 0 Å². The van der Waals surface area contributed by atoms with Gasteiger partial charge >= 0.3 is 0 Å². The smallest absolute Gasteiger partial charge is 0.257 e. The largest absolute Gasteiger partial charge is 0.472 e. The number of amides is 2. The second-order valence-electron chi connectivity index (χ2n) is 7.24. The number of carbonyl (C=O) groups excluding carboxylic acids is 2. The molecular formula is C19H28N2O4. The van der Waals surface area contributed by atoms with Crippen molar-refractivity contribution in [1.29, 1.82) is 0 Å². The fraction of sp³-hybridized carbons (Fsp3) is 0.684. The van der Waals surface area contributed by atoms with Crippen LogP contribution in [0, 0.1) is 5.92 Å². The molecule has 6 heteroatoms. The Morgan fingerprint density at radius 2 is 1.96 bits per heavy atom. The molecule has 0 radical (unpaired) electrons. The molecule has 1 saturated heterocycles. The molecule has 1 aliphatic heterocycles. The van der Waals surface area contributed by atoms with Crippen LogP contribution >= 0.6 is 0 Å². The molecule has 3 rings (SSSR count). The zero-order chi connectivity index (χ0) is 17.6. The first-order valence-electron chi connectivity index (χ1n) is 9.34. The lowest BCUT2D eigenvalue weighted by Crippen LogP contribution is -2.39. The third-order valence-corrected chi connectivity index (χ3v) is 5.23. The minimum Gasteiger partial charge on any atom is -0.472 e. The Balaban J connectivity index is 1.45. The van der Waals surface area contributed by atoms with Crippen molar-refractivity contribution in [3.63, 3.8) is 0 Å². The van der Waals surface area contributed by atoms with Gasteiger partial charge in [0, 0.05) is 26.2 Å². The molecule has 0 N–H and O–H groups in total. The van der Waals surface area contributed by atoms with E-state index in [1.165, 1.54) is 25.4 Å². The number of hydrogen-bond donors (Lipinski definition) is 0. The van der Waals surface area contributed by atoms with Gasteiger partial charge in [-0.15, -0.1) is 0 Å². The number of furan rings is 1. The van der Waals surface area contributed by atoms with Gasteiger partial charge in [-0.25, -0.2) is 0 Å². The zero-order valence-electron chi connectivity index (χ0n) is 15.0. The summed E-state index contributed by atoms with van der Waals surface area (Å²) in [5.41, 5.74) is 0.564. The number of hydrogen-bond acceptors (Lipinski definition) is 4. The normalized spacial score (nSPS) is 24.8. The third-order valence-electron chi connectivity index (χ3n) is 5.23. The van der Waals surface area contributed by atoms with Crippen molar-refractivity contribution in [3.05, 3.63) is 24.2 Å². The second-order valence-corrected chi connectivity index (χ2v) is 7.24. The van der Waals surface area contributed by atoms with Gasteiger partial charge in [0.05, 0.1) is 17.9 Å². The summed E-state index contributed by atoms with van der Waals surface area (Å²) in [5.74, 6) is 0.695. The van der Waals surface area contributed by atoms with Crippen LogP contribution in [0.2, 0.25) is 0 Å². The van der Waals surface area contributed by atoms with Gasteiger partial charge < -0.3 is 19.0 Å². The molecule has 2 heterocycles. The fourth-order valence-corrected chi connectivity index (χ4v) is 3.75. The van der Waals surface area contributed by atoms with Gasteiger partial charge in [0.25, 0.3) is 5.91 Å². The summed E-state index contributed by atoms with van der Waals surface area (Å²) in [6.07, 6.45) is 8.55. The maximum absolute atomic E-state index is 12.5. The van der Waals surface area contributed by atoms with Crippen LogP contribution in [0.15, 0.2) is 23.0 Å². The lowest BCUT2D eigenvalue weighted by Gasteiger charge is -2.28.